The van der Waals surface area contributed by atoms with Crippen molar-refractivity contribution >= 4 is 0 Å². The molecule has 2 aliphatic rings. The molecule has 0 bridgehead atoms. The predicted octanol–water partition coefficient (Wildman–Crippen LogP) is 3.70. The number of rotatable bonds is 4. The Balaban J connectivity index is 1.48. The summed E-state index contributed by atoms with van der Waals surface area (Å²) in [7, 11) is 0. The van der Waals surface area contributed by atoms with Crippen molar-refractivity contribution in [3.63, 3.8) is 0 Å². The van der Waals surface area contributed by atoms with Crippen LogP contribution in [0.1, 0.15) is 44.1 Å². The molecule has 3 rings (SSSR count). The Morgan fingerprint density at radius 1 is 1.11 bits per heavy atom. The number of benzene rings is 1. The molecule has 0 spiro atoms. The second-order valence-electron chi connectivity index (χ2n) is 5.60. The van der Waals surface area contributed by atoms with Crippen LogP contribution >= 0.6 is 0 Å². The van der Waals surface area contributed by atoms with Gasteiger partial charge < -0.3 is 9.47 Å². The molecule has 1 aromatic carbocycles. The van der Waals surface area contributed by atoms with E-state index in [1.807, 2.05) is 6.07 Å². The van der Waals surface area contributed by atoms with E-state index < -0.39 is 0 Å². The molecular formula is C16H22O2. The summed E-state index contributed by atoms with van der Waals surface area (Å²) in [5, 5.41) is 0. The van der Waals surface area contributed by atoms with Crippen molar-refractivity contribution in [1.82, 2.24) is 0 Å². The Morgan fingerprint density at radius 2 is 1.94 bits per heavy atom. The molecule has 1 saturated carbocycles. The third-order valence-corrected chi connectivity index (χ3v) is 4.18. The number of hydrogen-bond acceptors (Lipinski definition) is 2. The fourth-order valence-electron chi connectivity index (χ4n) is 3.01. The van der Waals surface area contributed by atoms with E-state index in [-0.39, 0.29) is 5.60 Å². The zero-order chi connectivity index (χ0) is 12.3. The Morgan fingerprint density at radius 3 is 2.83 bits per heavy atom. The van der Waals surface area contributed by atoms with Crippen LogP contribution in [0.25, 0.3) is 0 Å². The Hall–Kier alpha value is -0.860. The van der Waals surface area contributed by atoms with Gasteiger partial charge in [-0.15, -0.1) is 0 Å². The van der Waals surface area contributed by atoms with Gasteiger partial charge in [-0.25, -0.2) is 0 Å². The fraction of sp³-hybridized carbons (Fsp3) is 0.625. The van der Waals surface area contributed by atoms with Crippen molar-refractivity contribution in [1.29, 1.82) is 0 Å². The largest absolute Gasteiger partial charge is 0.374 e. The highest BCUT2D eigenvalue weighted by atomic mass is 16.6. The van der Waals surface area contributed by atoms with E-state index in [1.54, 1.807) is 0 Å². The van der Waals surface area contributed by atoms with Crippen LogP contribution < -0.4 is 0 Å². The molecule has 1 aliphatic heterocycles. The minimum atomic E-state index is 0.0786. The summed E-state index contributed by atoms with van der Waals surface area (Å²) in [5.74, 6) is 0. The number of hydrogen-bond donors (Lipinski definition) is 0. The number of ether oxygens (including phenoxy) is 2. The quantitative estimate of drug-likeness (QED) is 0.756. The van der Waals surface area contributed by atoms with Crippen LogP contribution in [0.5, 0.6) is 0 Å². The Kier molecular flexibility index (Phi) is 3.67. The molecule has 0 radical (unpaired) electrons. The summed E-state index contributed by atoms with van der Waals surface area (Å²) in [6.45, 7) is 1.48. The van der Waals surface area contributed by atoms with Crippen molar-refractivity contribution in [2.45, 2.75) is 56.8 Å². The van der Waals surface area contributed by atoms with E-state index in [0.29, 0.717) is 12.7 Å². The maximum atomic E-state index is 5.94. The van der Waals surface area contributed by atoms with Crippen molar-refractivity contribution in [3.8, 4) is 0 Å². The molecular weight excluding hydrogens is 224 g/mol. The van der Waals surface area contributed by atoms with Crippen molar-refractivity contribution in [2.75, 3.05) is 6.61 Å². The van der Waals surface area contributed by atoms with Gasteiger partial charge in [-0.2, -0.15) is 0 Å². The molecule has 0 N–H and O–H groups in total. The van der Waals surface area contributed by atoms with Crippen LogP contribution in [0.4, 0.5) is 0 Å². The summed E-state index contributed by atoms with van der Waals surface area (Å²) in [4.78, 5) is 0. The van der Waals surface area contributed by atoms with Crippen molar-refractivity contribution in [3.05, 3.63) is 35.9 Å². The second-order valence-corrected chi connectivity index (χ2v) is 5.60. The summed E-state index contributed by atoms with van der Waals surface area (Å²) in [5.41, 5.74) is 1.33. The summed E-state index contributed by atoms with van der Waals surface area (Å²) < 4.78 is 11.8. The lowest BCUT2D eigenvalue weighted by atomic mass is 9.92. The van der Waals surface area contributed by atoms with Gasteiger partial charge in [0.15, 0.2) is 0 Å². The minimum Gasteiger partial charge on any atom is -0.374 e. The first kappa shape index (κ1) is 12.2. The monoisotopic (exact) mass is 246 g/mol. The van der Waals surface area contributed by atoms with E-state index in [1.165, 1.54) is 44.1 Å². The molecule has 18 heavy (non-hydrogen) atoms. The molecule has 98 valence electrons. The van der Waals surface area contributed by atoms with Crippen LogP contribution in [0, 0.1) is 0 Å². The summed E-state index contributed by atoms with van der Waals surface area (Å²) in [6.07, 6.45) is 8.25. The third-order valence-electron chi connectivity index (χ3n) is 4.18. The topological polar surface area (TPSA) is 21.8 Å². The molecule has 1 saturated heterocycles. The zero-order valence-electron chi connectivity index (χ0n) is 10.9. The summed E-state index contributed by atoms with van der Waals surface area (Å²) in [6, 6.07) is 10.4. The van der Waals surface area contributed by atoms with Gasteiger partial charge in [0, 0.05) is 0 Å². The predicted molar refractivity (Wildman–Crippen MR) is 71.4 cm³/mol. The molecule has 1 aromatic rings. The highest BCUT2D eigenvalue weighted by Gasteiger charge is 2.55. The first-order valence-corrected chi connectivity index (χ1v) is 7.19. The van der Waals surface area contributed by atoms with Gasteiger partial charge in [-0.1, -0.05) is 56.0 Å². The molecule has 2 unspecified atom stereocenters. The van der Waals surface area contributed by atoms with Crippen LogP contribution in [0.3, 0.4) is 0 Å². The smallest absolute Gasteiger partial charge is 0.118 e. The molecule has 2 nitrogen and oxygen atoms in total. The molecule has 1 heterocycles. The molecule has 2 heteroatoms. The van der Waals surface area contributed by atoms with Crippen LogP contribution in [0.15, 0.2) is 30.3 Å². The van der Waals surface area contributed by atoms with Gasteiger partial charge in [0.25, 0.3) is 0 Å². The van der Waals surface area contributed by atoms with Gasteiger partial charge in [-0.05, 0) is 18.4 Å². The standard InChI is InChI=1S/C16H22O2/c1-2-7-11-16(15(18-16)10-6-1)13-17-12-14-8-4-3-5-9-14/h3-5,8-9,15H,1-2,6-7,10-13H2. The van der Waals surface area contributed by atoms with Gasteiger partial charge >= 0.3 is 0 Å². The Labute approximate surface area is 109 Å². The van der Waals surface area contributed by atoms with E-state index in [9.17, 15) is 0 Å². The summed E-state index contributed by atoms with van der Waals surface area (Å²) >= 11 is 0. The SMILES string of the molecule is c1ccc(COCC23CCCCCCC2O3)cc1. The third kappa shape index (κ3) is 2.76. The molecule has 0 amide bonds. The number of fused-ring (bicyclic) bond motifs is 1. The molecule has 2 atom stereocenters. The van der Waals surface area contributed by atoms with E-state index in [2.05, 4.69) is 24.3 Å². The minimum absolute atomic E-state index is 0.0786. The van der Waals surface area contributed by atoms with Gasteiger partial charge in [-0.3, -0.25) is 0 Å². The van der Waals surface area contributed by atoms with Crippen molar-refractivity contribution in [2.24, 2.45) is 0 Å². The number of epoxide rings is 1. The normalized spacial score (nSPS) is 31.2. The zero-order valence-corrected chi connectivity index (χ0v) is 10.9. The van der Waals surface area contributed by atoms with Gasteiger partial charge in [0.1, 0.15) is 5.60 Å². The van der Waals surface area contributed by atoms with E-state index in [0.717, 1.165) is 6.61 Å². The van der Waals surface area contributed by atoms with Gasteiger partial charge in [0.05, 0.1) is 19.3 Å². The van der Waals surface area contributed by atoms with Crippen LogP contribution in [0.2, 0.25) is 0 Å². The Bertz CT molecular complexity index is 376. The van der Waals surface area contributed by atoms with Crippen LogP contribution in [-0.2, 0) is 16.1 Å². The fourth-order valence-corrected chi connectivity index (χ4v) is 3.01. The average Bonchev–Trinajstić information content (AvgIpc) is 3.03. The second kappa shape index (κ2) is 5.41. The average molecular weight is 246 g/mol. The maximum Gasteiger partial charge on any atom is 0.118 e. The first-order valence-electron chi connectivity index (χ1n) is 7.19. The lowest BCUT2D eigenvalue weighted by Crippen LogP contribution is -2.23. The molecule has 2 fully saturated rings. The van der Waals surface area contributed by atoms with Crippen LogP contribution in [-0.4, -0.2) is 18.3 Å². The van der Waals surface area contributed by atoms with Gasteiger partial charge in [0.2, 0.25) is 0 Å². The highest BCUT2D eigenvalue weighted by molar-refractivity contribution is 5.13. The lowest BCUT2D eigenvalue weighted by molar-refractivity contribution is 0.0631. The first-order chi connectivity index (χ1) is 8.89. The van der Waals surface area contributed by atoms with E-state index in [4.69, 9.17) is 9.47 Å². The lowest BCUT2D eigenvalue weighted by Gasteiger charge is -2.16. The highest BCUT2D eigenvalue weighted by Crippen LogP contribution is 2.45. The maximum absolute atomic E-state index is 5.94. The van der Waals surface area contributed by atoms with Crippen molar-refractivity contribution < 1.29 is 9.47 Å². The molecule has 1 aliphatic carbocycles. The van der Waals surface area contributed by atoms with E-state index >= 15 is 0 Å². The molecule has 0 aromatic heterocycles.